The molecule has 12 heteroatoms. The van der Waals surface area contributed by atoms with Crippen LogP contribution in [0.1, 0.15) is 30.2 Å². The number of aromatic nitrogens is 1. The van der Waals surface area contributed by atoms with E-state index in [1.165, 1.54) is 13.6 Å². The summed E-state index contributed by atoms with van der Waals surface area (Å²) in [6.07, 6.45) is 9.22. The van der Waals surface area contributed by atoms with E-state index in [9.17, 15) is 13.0 Å². The predicted octanol–water partition coefficient (Wildman–Crippen LogP) is 3.71. The van der Waals surface area contributed by atoms with Crippen molar-refractivity contribution >= 4 is 75.7 Å². The third-order valence-electron chi connectivity index (χ3n) is 5.60. The number of anilines is 1. The Kier molecular flexibility index (Phi) is 9.60. The number of methoxy groups -OCH3 is 2. The molecule has 1 unspecified atom stereocenters. The molecule has 0 radical (unpaired) electrons. The summed E-state index contributed by atoms with van der Waals surface area (Å²) in [5.41, 5.74) is 2.04. The topological polar surface area (TPSA) is 110 Å². The van der Waals surface area contributed by atoms with E-state index < -0.39 is 10.1 Å². The number of thioether (sulfide) groups is 1. The van der Waals surface area contributed by atoms with Gasteiger partial charge in [-0.3, -0.25) is 4.55 Å². The fourth-order valence-electron chi connectivity index (χ4n) is 3.90. The van der Waals surface area contributed by atoms with Gasteiger partial charge in [0.2, 0.25) is 0 Å². The second kappa shape index (κ2) is 11.9. The summed E-state index contributed by atoms with van der Waals surface area (Å²) in [6.45, 7) is 4.82. The van der Waals surface area contributed by atoms with Crippen LogP contribution in [0, 0.1) is 0 Å². The number of thiazole rings is 1. The Balaban J connectivity index is 0.00000361. The normalized spacial score (nSPS) is 18.2. The number of fused-ring (bicyclic) bond motifs is 2. The monoisotopic (exact) mass is 668 g/mol. The van der Waals surface area contributed by atoms with E-state index in [1.807, 2.05) is 23.5 Å². The van der Waals surface area contributed by atoms with Crippen LogP contribution in [-0.2, 0) is 17.2 Å². The standard InChI is InChI=1S/C24H28N2O5S3Te.H2O/c1-15(11-22-25(3)24-20(32-22)8-7-16(2)35-24)12-23-26(9-6-10-34(27,28)29)17-13-18(30-4)19(31-5)14-21(17)33-23;/h7-8,11-14,16H,6,9-10H2,1-5H3;1H2. The van der Waals surface area contributed by atoms with Gasteiger partial charge in [0.25, 0.3) is 0 Å². The van der Waals surface area contributed by atoms with Crippen molar-refractivity contribution in [2.45, 2.75) is 29.1 Å². The van der Waals surface area contributed by atoms with Gasteiger partial charge < -0.3 is 5.48 Å². The Hall–Kier alpha value is -1.52. The van der Waals surface area contributed by atoms with E-state index in [0.29, 0.717) is 28.4 Å². The van der Waals surface area contributed by atoms with E-state index >= 15 is 0 Å². The number of hydrogen-bond donors (Lipinski definition) is 1. The van der Waals surface area contributed by atoms with Gasteiger partial charge in [0, 0.05) is 0 Å². The molecule has 0 saturated heterocycles. The van der Waals surface area contributed by atoms with E-state index in [0.717, 1.165) is 21.2 Å². The van der Waals surface area contributed by atoms with Crippen LogP contribution < -0.4 is 22.7 Å². The first-order valence-corrected chi connectivity index (χ1v) is 16.8. The third-order valence-corrected chi connectivity index (χ3v) is 12.6. The van der Waals surface area contributed by atoms with Crippen molar-refractivity contribution in [2.24, 2.45) is 7.05 Å². The van der Waals surface area contributed by atoms with Crippen molar-refractivity contribution in [1.29, 1.82) is 0 Å². The van der Waals surface area contributed by atoms with Crippen LogP contribution >= 0.6 is 23.1 Å². The summed E-state index contributed by atoms with van der Waals surface area (Å²) in [4.78, 5) is 4.46. The maximum absolute atomic E-state index is 11.3. The van der Waals surface area contributed by atoms with Crippen LogP contribution in [0.15, 0.2) is 39.8 Å². The summed E-state index contributed by atoms with van der Waals surface area (Å²) in [5, 5.41) is 2.21. The molecule has 0 amide bonds. The fraction of sp³-hybridized carbons (Fsp3) is 0.375. The Morgan fingerprint density at radius 3 is 2.64 bits per heavy atom. The molecule has 3 heterocycles. The average molecular weight is 666 g/mol. The summed E-state index contributed by atoms with van der Waals surface area (Å²) < 4.78 is 47.3. The van der Waals surface area contributed by atoms with Crippen molar-refractivity contribution < 1.29 is 32.5 Å². The molecule has 8 nitrogen and oxygen atoms in total. The number of benzene rings is 1. The number of hydrogen-bond acceptors (Lipinski definition) is 8. The Labute approximate surface area is 230 Å². The molecule has 2 aromatic rings. The second-order valence-electron chi connectivity index (χ2n) is 8.29. The molecule has 0 aliphatic carbocycles. The van der Waals surface area contributed by atoms with Gasteiger partial charge in [-0.2, -0.15) is 8.42 Å². The summed E-state index contributed by atoms with van der Waals surface area (Å²) in [6, 6.07) is 3.86. The SMILES string of the molecule is COc1cc2c(cc1OC)N(CCCS(=O)(=O)O)C(=CC(C)=Cc1sc3c([n+]1C)[Te]C(C)C=C3)S2.[OH-]. The van der Waals surface area contributed by atoms with Crippen LogP contribution in [0.2, 0.25) is 3.97 Å². The van der Waals surface area contributed by atoms with Crippen LogP contribution in [0.5, 0.6) is 11.5 Å². The molecule has 2 aliphatic rings. The quantitative estimate of drug-likeness (QED) is 0.258. The van der Waals surface area contributed by atoms with Crippen LogP contribution in [0.4, 0.5) is 5.69 Å². The number of rotatable bonds is 8. The molecule has 36 heavy (non-hydrogen) atoms. The van der Waals surface area contributed by atoms with E-state index in [4.69, 9.17) is 9.47 Å². The zero-order chi connectivity index (χ0) is 25.3. The van der Waals surface area contributed by atoms with Crippen molar-refractivity contribution in [3.05, 3.63) is 44.8 Å². The van der Waals surface area contributed by atoms with Crippen LogP contribution in [0.3, 0.4) is 0 Å². The molecule has 0 bridgehead atoms. The molecular formula is C24H30N2O6S3Te. The molecule has 2 aliphatic heterocycles. The summed E-state index contributed by atoms with van der Waals surface area (Å²) >= 11 is 3.20. The zero-order valence-corrected chi connectivity index (χ0v) is 25.5. The summed E-state index contributed by atoms with van der Waals surface area (Å²) in [7, 11) is 1.33. The largest absolute Gasteiger partial charge is 0.870 e. The number of allylic oxidation sites excluding steroid dienone is 3. The van der Waals surface area contributed by atoms with Crippen LogP contribution in [-0.4, -0.2) is 65.9 Å². The van der Waals surface area contributed by atoms with E-state index in [2.05, 4.69) is 54.7 Å². The third kappa shape index (κ3) is 6.48. The Morgan fingerprint density at radius 1 is 1.28 bits per heavy atom. The van der Waals surface area contributed by atoms with Gasteiger partial charge in [0.1, 0.15) is 0 Å². The summed E-state index contributed by atoms with van der Waals surface area (Å²) in [5.74, 6) is 0.973. The molecular weight excluding hydrogens is 636 g/mol. The minimum Gasteiger partial charge on any atom is -0.870 e. The van der Waals surface area contributed by atoms with Crippen molar-refractivity contribution in [1.82, 2.24) is 0 Å². The Morgan fingerprint density at radius 2 is 1.97 bits per heavy atom. The van der Waals surface area contributed by atoms with E-state index in [-0.39, 0.29) is 32.2 Å². The molecule has 0 saturated carbocycles. The zero-order valence-electron chi connectivity index (χ0n) is 20.7. The Bertz CT molecular complexity index is 1330. The number of nitrogens with zero attached hydrogens (tertiary/aromatic N) is 2. The fourth-order valence-corrected chi connectivity index (χ4v) is 10.2. The van der Waals surface area contributed by atoms with Crippen molar-refractivity contribution in [2.75, 3.05) is 31.4 Å². The molecule has 0 fully saturated rings. The van der Waals surface area contributed by atoms with Gasteiger partial charge in [0.15, 0.2) is 0 Å². The molecule has 0 spiro atoms. The van der Waals surface area contributed by atoms with Gasteiger partial charge in [-0.15, -0.1) is 0 Å². The minimum absolute atomic E-state index is 0. The molecule has 4 rings (SSSR count). The molecule has 1 aromatic heterocycles. The van der Waals surface area contributed by atoms with Crippen LogP contribution in [0.25, 0.3) is 12.2 Å². The molecule has 2 N–H and O–H groups in total. The maximum Gasteiger partial charge on any atom is -0.870 e. The van der Waals surface area contributed by atoms with Gasteiger partial charge >= 0.3 is 199 Å². The molecule has 196 valence electrons. The predicted molar refractivity (Wildman–Crippen MR) is 147 cm³/mol. The number of ether oxygens (including phenoxy) is 2. The van der Waals surface area contributed by atoms with Gasteiger partial charge in [-0.1, -0.05) is 0 Å². The van der Waals surface area contributed by atoms with Gasteiger partial charge in [0.05, 0.1) is 14.2 Å². The maximum atomic E-state index is 11.3. The van der Waals surface area contributed by atoms with Crippen molar-refractivity contribution in [3.8, 4) is 11.5 Å². The first-order valence-electron chi connectivity index (χ1n) is 11.0. The second-order valence-corrected chi connectivity index (χ2v) is 15.9. The first-order chi connectivity index (χ1) is 16.6. The smallest absolute Gasteiger partial charge is 0.870 e. The van der Waals surface area contributed by atoms with E-state index in [1.54, 1.807) is 26.0 Å². The molecule has 1 atom stereocenters. The molecule has 1 aromatic carbocycles. The average Bonchev–Trinajstić information content (AvgIpc) is 3.28. The first kappa shape index (κ1) is 29.0. The minimum atomic E-state index is -4.02. The van der Waals surface area contributed by atoms with Gasteiger partial charge in [-0.25, -0.2) is 0 Å². The van der Waals surface area contributed by atoms with Crippen molar-refractivity contribution in [3.63, 3.8) is 0 Å². The van der Waals surface area contributed by atoms with Gasteiger partial charge in [-0.05, 0) is 0 Å².